The molecule has 0 unspecified atom stereocenters. The first-order chi connectivity index (χ1) is 13.7. The second kappa shape index (κ2) is 8.12. The third-order valence-electron chi connectivity index (χ3n) is 4.88. The molecule has 4 heterocycles. The molecule has 1 aliphatic rings. The summed E-state index contributed by atoms with van der Waals surface area (Å²) in [5, 5.41) is 3.15. The fraction of sp³-hybridized carbons (Fsp3) is 0.286. The van der Waals surface area contributed by atoms with Crippen molar-refractivity contribution in [3.05, 3.63) is 71.9 Å². The van der Waals surface area contributed by atoms with E-state index < -0.39 is 0 Å². The van der Waals surface area contributed by atoms with Crippen LogP contribution in [0.25, 0.3) is 0 Å². The molecular formula is C21H22N6O. The predicted molar refractivity (Wildman–Crippen MR) is 106 cm³/mol. The molecule has 0 radical (unpaired) electrons. The summed E-state index contributed by atoms with van der Waals surface area (Å²) >= 11 is 0. The first kappa shape index (κ1) is 18.0. The van der Waals surface area contributed by atoms with Crippen molar-refractivity contribution in [1.29, 1.82) is 0 Å². The van der Waals surface area contributed by atoms with Gasteiger partial charge in [-0.3, -0.25) is 9.78 Å². The van der Waals surface area contributed by atoms with Crippen LogP contribution in [-0.4, -0.2) is 43.8 Å². The summed E-state index contributed by atoms with van der Waals surface area (Å²) in [4.78, 5) is 32.0. The van der Waals surface area contributed by atoms with E-state index in [1.165, 1.54) is 0 Å². The normalized spacial score (nSPS) is 16.6. The van der Waals surface area contributed by atoms with E-state index in [0.29, 0.717) is 23.9 Å². The molecule has 1 atom stereocenters. The van der Waals surface area contributed by atoms with Crippen molar-refractivity contribution in [2.75, 3.05) is 18.4 Å². The second-order valence-electron chi connectivity index (χ2n) is 6.98. The number of pyridine rings is 2. The predicted octanol–water partition coefficient (Wildman–Crippen LogP) is 3.34. The number of rotatable bonds is 4. The molecule has 3 aromatic heterocycles. The van der Waals surface area contributed by atoms with Crippen molar-refractivity contribution in [3.8, 4) is 0 Å². The number of nitrogens with one attached hydrogen (secondary N) is 1. The molecule has 142 valence electrons. The maximum atomic E-state index is 12.8. The molecule has 1 amide bonds. The van der Waals surface area contributed by atoms with Gasteiger partial charge in [0.25, 0.3) is 5.91 Å². The number of carbonyl (C=O) groups is 1. The topological polar surface area (TPSA) is 83.9 Å². The fourth-order valence-electron chi connectivity index (χ4n) is 3.40. The van der Waals surface area contributed by atoms with E-state index in [1.54, 1.807) is 36.9 Å². The SMILES string of the molecule is Cc1ccc(Nc2nccc([C@H]3CCCN(C(=O)c4ccncc4)C3)n2)nc1. The van der Waals surface area contributed by atoms with Gasteiger partial charge in [-0.25, -0.2) is 15.0 Å². The maximum absolute atomic E-state index is 12.8. The zero-order valence-corrected chi connectivity index (χ0v) is 15.7. The van der Waals surface area contributed by atoms with E-state index in [0.717, 1.165) is 30.6 Å². The quantitative estimate of drug-likeness (QED) is 0.754. The fourth-order valence-corrected chi connectivity index (χ4v) is 3.40. The monoisotopic (exact) mass is 374 g/mol. The number of nitrogens with zero attached hydrogens (tertiary/aromatic N) is 5. The number of likely N-dealkylation sites (tertiary alicyclic amines) is 1. The summed E-state index contributed by atoms with van der Waals surface area (Å²) in [6, 6.07) is 9.34. The number of aromatic nitrogens is 4. The molecule has 0 saturated carbocycles. The van der Waals surface area contributed by atoms with Crippen molar-refractivity contribution in [3.63, 3.8) is 0 Å². The molecular weight excluding hydrogens is 352 g/mol. The van der Waals surface area contributed by atoms with Crippen LogP contribution in [0.2, 0.25) is 0 Å². The zero-order chi connectivity index (χ0) is 19.3. The molecule has 0 spiro atoms. The first-order valence-corrected chi connectivity index (χ1v) is 9.41. The van der Waals surface area contributed by atoms with Crippen molar-refractivity contribution in [1.82, 2.24) is 24.8 Å². The van der Waals surface area contributed by atoms with Crippen LogP contribution in [0.3, 0.4) is 0 Å². The van der Waals surface area contributed by atoms with Crippen molar-refractivity contribution >= 4 is 17.7 Å². The van der Waals surface area contributed by atoms with E-state index in [2.05, 4.69) is 25.3 Å². The minimum absolute atomic E-state index is 0.0448. The Morgan fingerprint density at radius 3 is 2.75 bits per heavy atom. The minimum Gasteiger partial charge on any atom is -0.338 e. The van der Waals surface area contributed by atoms with E-state index in [1.807, 2.05) is 30.0 Å². The number of aryl methyl sites for hydroxylation is 1. The Kier molecular flexibility index (Phi) is 5.23. The molecule has 1 N–H and O–H groups in total. The van der Waals surface area contributed by atoms with Crippen LogP contribution in [0.4, 0.5) is 11.8 Å². The molecule has 1 fully saturated rings. The summed E-state index contributed by atoms with van der Waals surface area (Å²) in [6.07, 6.45) is 8.80. The lowest BCUT2D eigenvalue weighted by molar-refractivity contribution is 0.0706. The average molecular weight is 374 g/mol. The Bertz CT molecular complexity index is 945. The first-order valence-electron chi connectivity index (χ1n) is 9.41. The van der Waals surface area contributed by atoms with E-state index >= 15 is 0 Å². The molecule has 4 rings (SSSR count). The highest BCUT2D eigenvalue weighted by Gasteiger charge is 2.26. The maximum Gasteiger partial charge on any atom is 0.253 e. The number of anilines is 2. The highest BCUT2D eigenvalue weighted by atomic mass is 16.2. The second-order valence-corrected chi connectivity index (χ2v) is 6.98. The molecule has 3 aromatic rings. The van der Waals surface area contributed by atoms with E-state index in [4.69, 9.17) is 0 Å². The highest BCUT2D eigenvalue weighted by molar-refractivity contribution is 5.94. The molecule has 7 heteroatoms. The summed E-state index contributed by atoms with van der Waals surface area (Å²) in [5.74, 6) is 1.46. The average Bonchev–Trinajstić information content (AvgIpc) is 2.76. The molecule has 0 bridgehead atoms. The molecule has 1 aliphatic heterocycles. The van der Waals surface area contributed by atoms with Crippen molar-refractivity contribution < 1.29 is 4.79 Å². The Morgan fingerprint density at radius 1 is 1.11 bits per heavy atom. The van der Waals surface area contributed by atoms with Crippen LogP contribution >= 0.6 is 0 Å². The van der Waals surface area contributed by atoms with Crippen LogP contribution < -0.4 is 5.32 Å². The number of piperidine rings is 1. The van der Waals surface area contributed by atoms with Gasteiger partial charge in [0.15, 0.2) is 0 Å². The van der Waals surface area contributed by atoms with Crippen LogP contribution in [0, 0.1) is 6.92 Å². The summed E-state index contributed by atoms with van der Waals surface area (Å²) in [6.45, 7) is 3.41. The Balaban J connectivity index is 1.47. The van der Waals surface area contributed by atoms with Gasteiger partial charge in [-0.2, -0.15) is 0 Å². The number of hydrogen-bond donors (Lipinski definition) is 1. The third kappa shape index (κ3) is 4.14. The smallest absolute Gasteiger partial charge is 0.253 e. The van der Waals surface area contributed by atoms with E-state index in [-0.39, 0.29) is 11.8 Å². The van der Waals surface area contributed by atoms with Crippen LogP contribution in [0.1, 0.15) is 40.4 Å². The lowest BCUT2D eigenvalue weighted by Gasteiger charge is -2.32. The molecule has 1 saturated heterocycles. The summed E-state index contributed by atoms with van der Waals surface area (Å²) in [7, 11) is 0. The molecule has 28 heavy (non-hydrogen) atoms. The summed E-state index contributed by atoms with van der Waals surface area (Å²) in [5.41, 5.74) is 2.71. The van der Waals surface area contributed by atoms with Crippen LogP contribution in [-0.2, 0) is 0 Å². The Labute approximate surface area is 163 Å². The Hall–Kier alpha value is -3.35. The van der Waals surface area contributed by atoms with Gasteiger partial charge < -0.3 is 10.2 Å². The van der Waals surface area contributed by atoms with E-state index in [9.17, 15) is 4.79 Å². The standard InChI is InChI=1S/C21H22N6O/c1-15-4-5-19(24-13-15)26-21-23-11-8-18(25-21)17-3-2-12-27(14-17)20(28)16-6-9-22-10-7-16/h4-11,13,17H,2-3,12,14H2,1H3,(H,23,24,25,26)/t17-/m0/s1. The molecule has 0 aliphatic carbocycles. The van der Waals surface area contributed by atoms with Crippen molar-refractivity contribution in [2.45, 2.75) is 25.7 Å². The van der Waals surface area contributed by atoms with Gasteiger partial charge >= 0.3 is 0 Å². The number of carbonyl (C=O) groups excluding carboxylic acids is 1. The lowest BCUT2D eigenvalue weighted by atomic mass is 9.94. The largest absolute Gasteiger partial charge is 0.338 e. The van der Waals surface area contributed by atoms with Gasteiger partial charge in [0.1, 0.15) is 5.82 Å². The highest BCUT2D eigenvalue weighted by Crippen LogP contribution is 2.27. The zero-order valence-electron chi connectivity index (χ0n) is 15.7. The third-order valence-corrected chi connectivity index (χ3v) is 4.88. The Morgan fingerprint density at radius 2 is 1.96 bits per heavy atom. The van der Waals surface area contributed by atoms with Gasteiger partial charge in [0, 0.05) is 49.4 Å². The number of hydrogen-bond acceptors (Lipinski definition) is 6. The van der Waals surface area contributed by atoms with Crippen LogP contribution in [0.5, 0.6) is 0 Å². The van der Waals surface area contributed by atoms with Gasteiger partial charge in [0.05, 0.1) is 5.69 Å². The molecule has 7 nitrogen and oxygen atoms in total. The number of amides is 1. The summed E-state index contributed by atoms with van der Waals surface area (Å²) < 4.78 is 0. The minimum atomic E-state index is 0.0448. The van der Waals surface area contributed by atoms with Gasteiger partial charge in [-0.1, -0.05) is 6.07 Å². The van der Waals surface area contributed by atoms with Gasteiger partial charge in [-0.05, 0) is 49.6 Å². The molecule has 0 aromatic carbocycles. The van der Waals surface area contributed by atoms with Crippen LogP contribution in [0.15, 0.2) is 55.1 Å². The van der Waals surface area contributed by atoms with Gasteiger partial charge in [0.2, 0.25) is 5.95 Å². The van der Waals surface area contributed by atoms with Gasteiger partial charge in [-0.15, -0.1) is 0 Å². The van der Waals surface area contributed by atoms with Crippen molar-refractivity contribution in [2.24, 2.45) is 0 Å². The lowest BCUT2D eigenvalue weighted by Crippen LogP contribution is -2.39.